The van der Waals surface area contributed by atoms with Crippen molar-refractivity contribution in [1.82, 2.24) is 0 Å². The third-order valence-corrected chi connectivity index (χ3v) is 17.1. The highest BCUT2D eigenvalue weighted by Crippen LogP contribution is 2.38. The molecule has 0 radical (unpaired) electrons. The number of nitrogens with zero attached hydrogens (tertiary/aromatic N) is 1. The van der Waals surface area contributed by atoms with Crippen molar-refractivity contribution in [3.63, 3.8) is 0 Å². The summed E-state index contributed by atoms with van der Waals surface area (Å²) in [5.74, 6) is -0.846. The molecular formula is C88H144NO8P. The number of allylic oxidation sites excluding steroid dienone is 32. The Balaban J connectivity index is 4.07. The highest BCUT2D eigenvalue weighted by molar-refractivity contribution is 7.45. The van der Waals surface area contributed by atoms with E-state index in [0.717, 1.165) is 148 Å². The van der Waals surface area contributed by atoms with Gasteiger partial charge in [0.1, 0.15) is 19.8 Å². The molecule has 0 aromatic carbocycles. The molecule has 9 nitrogen and oxygen atoms in total. The van der Waals surface area contributed by atoms with Crippen LogP contribution in [0.5, 0.6) is 0 Å². The number of rotatable bonds is 70. The maximum atomic E-state index is 12.9. The standard InChI is InChI=1S/C88H144NO8P/c1-6-8-10-12-14-16-18-20-22-24-26-28-30-32-34-36-38-40-42-44-46-48-50-52-54-56-58-60-62-64-66-68-70-72-74-76-78-80-87(90)94-84-86(85-96-98(92,93)95-83-82-89(3,4)5)97-88(91)81-79-77-75-73-71-69-67-65-63-61-59-57-55-53-51-49-47-45-43-41-39-37-35-33-31-29-27-25-23-21-19-17-15-13-11-9-7-2/h8-11,14-17,20-23,26-29,32-35,38-41,44-47,51,53,57,59,86H,6-7,12-13,18-19,24-25,30-31,36-37,42-43,48-50,52,54-56,58,60-85H2,1-5H3/b10-8-,11-9-,16-14-,17-15-,22-20-,23-21-,28-26-,29-27-,34-32-,35-33-,40-38-,41-39-,46-44-,47-45-,53-51-,59-57-. The van der Waals surface area contributed by atoms with Crippen LogP contribution in [0.1, 0.15) is 296 Å². The highest BCUT2D eigenvalue weighted by Gasteiger charge is 2.22. The summed E-state index contributed by atoms with van der Waals surface area (Å²) in [6, 6.07) is 0. The van der Waals surface area contributed by atoms with Crippen LogP contribution in [0.4, 0.5) is 0 Å². The van der Waals surface area contributed by atoms with Crippen molar-refractivity contribution >= 4 is 19.8 Å². The molecule has 0 saturated heterocycles. The first-order chi connectivity index (χ1) is 48.0. The molecule has 0 bridgehead atoms. The minimum Gasteiger partial charge on any atom is -0.756 e. The van der Waals surface area contributed by atoms with Gasteiger partial charge in [0.2, 0.25) is 0 Å². The van der Waals surface area contributed by atoms with Crippen molar-refractivity contribution < 1.29 is 42.1 Å². The van der Waals surface area contributed by atoms with Gasteiger partial charge in [-0.15, -0.1) is 0 Å². The monoisotopic (exact) mass is 1370 g/mol. The number of phosphoric acid groups is 1. The van der Waals surface area contributed by atoms with Crippen LogP contribution in [0.3, 0.4) is 0 Å². The van der Waals surface area contributed by atoms with Crippen molar-refractivity contribution in [3.05, 3.63) is 194 Å². The lowest BCUT2D eigenvalue weighted by Crippen LogP contribution is -2.37. The normalized spacial score (nSPS) is 14.1. The van der Waals surface area contributed by atoms with E-state index in [1.807, 2.05) is 21.1 Å². The highest BCUT2D eigenvalue weighted by atomic mass is 31.2. The summed E-state index contributed by atoms with van der Waals surface area (Å²) in [5, 5.41) is 0. The third-order valence-electron chi connectivity index (χ3n) is 16.1. The quantitative estimate of drug-likeness (QED) is 0.0195. The van der Waals surface area contributed by atoms with Crippen LogP contribution in [0.2, 0.25) is 0 Å². The Kier molecular flexibility index (Phi) is 72.0. The van der Waals surface area contributed by atoms with Gasteiger partial charge in [-0.3, -0.25) is 14.2 Å². The summed E-state index contributed by atoms with van der Waals surface area (Å²) in [6.45, 7) is 4.00. The fraction of sp³-hybridized carbons (Fsp3) is 0.614. The predicted octanol–water partition coefficient (Wildman–Crippen LogP) is 25.8. The number of carbonyl (C=O) groups excluding carboxylic acids is 2. The van der Waals surface area contributed by atoms with Crippen molar-refractivity contribution in [3.8, 4) is 0 Å². The van der Waals surface area contributed by atoms with Gasteiger partial charge >= 0.3 is 11.9 Å². The maximum absolute atomic E-state index is 12.9. The number of likely N-dealkylation sites (N-methyl/N-ethyl adjacent to an activating group) is 1. The molecule has 0 aromatic rings. The molecule has 0 aliphatic rings. The maximum Gasteiger partial charge on any atom is 0.306 e. The van der Waals surface area contributed by atoms with E-state index in [2.05, 4.69) is 208 Å². The van der Waals surface area contributed by atoms with Crippen LogP contribution in [0, 0.1) is 0 Å². The molecule has 0 aliphatic heterocycles. The molecule has 2 atom stereocenters. The van der Waals surface area contributed by atoms with E-state index in [1.165, 1.54) is 116 Å². The molecule has 0 rings (SSSR count). The number of unbranched alkanes of at least 4 members (excludes halogenated alkanes) is 24. The lowest BCUT2D eigenvalue weighted by atomic mass is 10.0. The zero-order chi connectivity index (χ0) is 71.1. The average Bonchev–Trinajstić information content (AvgIpc) is 1.08. The number of esters is 2. The molecule has 2 unspecified atom stereocenters. The van der Waals surface area contributed by atoms with Crippen LogP contribution in [-0.4, -0.2) is 70.0 Å². The summed E-state index contributed by atoms with van der Waals surface area (Å²) < 4.78 is 34.4. The molecule has 0 N–H and O–H groups in total. The van der Waals surface area contributed by atoms with Crippen molar-refractivity contribution in [1.29, 1.82) is 0 Å². The van der Waals surface area contributed by atoms with E-state index >= 15 is 0 Å². The predicted molar refractivity (Wildman–Crippen MR) is 424 cm³/mol. The molecule has 554 valence electrons. The summed E-state index contributed by atoms with van der Waals surface area (Å²) in [7, 11) is 1.15. The number of ether oxygens (including phenoxy) is 2. The first-order valence-corrected chi connectivity index (χ1v) is 40.6. The van der Waals surface area contributed by atoms with Crippen LogP contribution < -0.4 is 4.89 Å². The van der Waals surface area contributed by atoms with E-state index < -0.39 is 26.5 Å². The molecule has 0 fully saturated rings. The largest absolute Gasteiger partial charge is 0.756 e. The minimum atomic E-state index is -4.66. The summed E-state index contributed by atoms with van der Waals surface area (Å²) in [6.07, 6.45) is 118. The lowest BCUT2D eigenvalue weighted by Gasteiger charge is -2.28. The Morgan fingerprint density at radius 2 is 0.551 bits per heavy atom. The van der Waals surface area contributed by atoms with E-state index in [9.17, 15) is 19.0 Å². The minimum absolute atomic E-state index is 0.0405. The summed E-state index contributed by atoms with van der Waals surface area (Å²) in [5.41, 5.74) is 0. The molecule has 98 heavy (non-hydrogen) atoms. The SMILES string of the molecule is CC/C=C\C/C=C\C/C=C\C/C=C\C/C=C\C/C=C\C/C=C\C/C=C\C/C=C\CCCCCCCCCCCC(=O)OC(COC(=O)CCCCCCCCCCCCCCCCC/C=C\C/C=C\C/C=C\C/C=C\C/C=C\C/C=C\C/C=C\CC)COP(=O)([O-])OCC[N+](C)(C)C. The molecule has 0 spiro atoms. The first kappa shape index (κ1) is 92.8. The lowest BCUT2D eigenvalue weighted by molar-refractivity contribution is -0.870. The van der Waals surface area contributed by atoms with Gasteiger partial charge in [0.25, 0.3) is 7.82 Å². The fourth-order valence-electron chi connectivity index (χ4n) is 10.2. The van der Waals surface area contributed by atoms with Gasteiger partial charge in [-0.2, -0.15) is 0 Å². The van der Waals surface area contributed by atoms with Gasteiger partial charge in [-0.05, 0) is 141 Å². The van der Waals surface area contributed by atoms with E-state index in [1.54, 1.807) is 0 Å². The van der Waals surface area contributed by atoms with Gasteiger partial charge in [-0.25, -0.2) is 0 Å². The second-order valence-electron chi connectivity index (χ2n) is 26.6. The van der Waals surface area contributed by atoms with Gasteiger partial charge in [0.15, 0.2) is 6.10 Å². The second-order valence-corrected chi connectivity index (χ2v) is 28.0. The first-order valence-electron chi connectivity index (χ1n) is 39.1. The molecule has 0 saturated carbocycles. The van der Waals surface area contributed by atoms with Gasteiger partial charge in [-0.1, -0.05) is 337 Å². The number of hydrogen-bond donors (Lipinski definition) is 0. The van der Waals surface area contributed by atoms with Crippen LogP contribution in [0.15, 0.2) is 194 Å². The summed E-state index contributed by atoms with van der Waals surface area (Å²) in [4.78, 5) is 38.2. The van der Waals surface area contributed by atoms with Gasteiger partial charge < -0.3 is 27.9 Å². The van der Waals surface area contributed by atoms with Crippen LogP contribution >= 0.6 is 7.82 Å². The van der Waals surface area contributed by atoms with Crippen LogP contribution in [0.25, 0.3) is 0 Å². The number of hydrogen-bond acceptors (Lipinski definition) is 8. The number of quaternary nitrogens is 1. The Morgan fingerprint density at radius 1 is 0.316 bits per heavy atom. The molecular weight excluding hydrogens is 1230 g/mol. The zero-order valence-electron chi connectivity index (χ0n) is 63.2. The van der Waals surface area contributed by atoms with E-state index in [-0.39, 0.29) is 32.0 Å². The topological polar surface area (TPSA) is 111 Å². The smallest absolute Gasteiger partial charge is 0.306 e. The Morgan fingerprint density at radius 3 is 0.816 bits per heavy atom. The molecule has 0 aromatic heterocycles. The van der Waals surface area contributed by atoms with Crippen molar-refractivity contribution in [2.24, 2.45) is 0 Å². The van der Waals surface area contributed by atoms with Gasteiger partial charge in [0, 0.05) is 12.8 Å². The zero-order valence-corrected chi connectivity index (χ0v) is 64.0. The fourth-order valence-corrected chi connectivity index (χ4v) is 10.9. The Bertz CT molecular complexity index is 2360. The Labute approximate surface area is 603 Å². The van der Waals surface area contributed by atoms with Gasteiger partial charge in [0.05, 0.1) is 27.7 Å². The molecule has 10 heteroatoms. The van der Waals surface area contributed by atoms with E-state index in [4.69, 9.17) is 18.5 Å². The van der Waals surface area contributed by atoms with E-state index in [0.29, 0.717) is 17.4 Å². The molecule has 0 aliphatic carbocycles. The van der Waals surface area contributed by atoms with Crippen molar-refractivity contribution in [2.45, 2.75) is 302 Å². The summed E-state index contributed by atoms with van der Waals surface area (Å²) >= 11 is 0. The number of phosphoric ester groups is 1. The average molecular weight is 1380 g/mol. The Hall–Kier alpha value is -5.15. The van der Waals surface area contributed by atoms with Crippen molar-refractivity contribution in [2.75, 3.05) is 47.5 Å². The molecule has 0 amide bonds. The second kappa shape index (κ2) is 76.0. The van der Waals surface area contributed by atoms with Crippen LogP contribution in [-0.2, 0) is 32.7 Å². The molecule has 0 heterocycles. The third kappa shape index (κ3) is 79.8. The number of carbonyl (C=O) groups is 2.